The normalized spacial score (nSPS) is 14.2. The Morgan fingerprint density at radius 3 is 2.67 bits per heavy atom. The number of aromatic amines is 2. The van der Waals surface area contributed by atoms with Gasteiger partial charge >= 0.3 is 0 Å². The van der Waals surface area contributed by atoms with Crippen molar-refractivity contribution in [1.29, 1.82) is 0 Å². The first-order valence-corrected chi connectivity index (χ1v) is 14.4. The number of aryl methyl sites for hydroxylation is 1. The minimum absolute atomic E-state index is 0.0465. The number of rotatable bonds is 6. The molecule has 1 aromatic carbocycles. The maximum absolute atomic E-state index is 11.8. The highest BCUT2D eigenvalue weighted by Gasteiger charge is 2.19. The highest BCUT2D eigenvalue weighted by molar-refractivity contribution is 7.17. The number of H-pyrrole nitrogens is 2. The van der Waals surface area contributed by atoms with Gasteiger partial charge in [-0.3, -0.25) is 14.9 Å². The van der Waals surface area contributed by atoms with Crippen molar-refractivity contribution >= 4 is 39.2 Å². The molecule has 1 aliphatic carbocycles. The average molecular weight is 549 g/mol. The Balaban J connectivity index is 1.26. The predicted molar refractivity (Wildman–Crippen MR) is 158 cm³/mol. The zero-order chi connectivity index (χ0) is 27.2. The van der Waals surface area contributed by atoms with Gasteiger partial charge < -0.3 is 9.72 Å². The zero-order valence-corrected chi connectivity index (χ0v) is 23.1. The number of thiophene rings is 1. The number of imidazole rings is 1. The summed E-state index contributed by atoms with van der Waals surface area (Å²) in [7, 11) is 0. The van der Waals surface area contributed by atoms with E-state index in [0.29, 0.717) is 16.4 Å². The van der Waals surface area contributed by atoms with Gasteiger partial charge in [-0.15, -0.1) is 11.3 Å². The fraction of sp³-hybridized carbons (Fsp3) is 0.258. The largest absolute Gasteiger partial charge is 0.490 e. The minimum Gasteiger partial charge on any atom is -0.490 e. The summed E-state index contributed by atoms with van der Waals surface area (Å²) in [5.41, 5.74) is 7.63. The third-order valence-electron chi connectivity index (χ3n) is 7.45. The molecule has 5 aromatic heterocycles. The molecule has 6 aromatic rings. The first kappa shape index (κ1) is 24.7. The number of ether oxygens (including phenoxy) is 1. The van der Waals surface area contributed by atoms with Crippen molar-refractivity contribution in [2.75, 3.05) is 0 Å². The molecular formula is C31H28N6O2S. The molecule has 2 N–H and O–H groups in total. The third kappa shape index (κ3) is 4.56. The number of benzene rings is 1. The Morgan fingerprint density at radius 1 is 0.975 bits per heavy atom. The maximum atomic E-state index is 11.8. The van der Waals surface area contributed by atoms with Gasteiger partial charge in [-0.05, 0) is 87.6 Å². The molecule has 0 saturated heterocycles. The number of carbonyl (C=O) groups is 1. The second-order valence-electron chi connectivity index (χ2n) is 10.5. The van der Waals surface area contributed by atoms with E-state index in [1.54, 1.807) is 19.3 Å². The number of fused-ring (bicyclic) bond motifs is 2. The minimum atomic E-state index is 0.0465. The van der Waals surface area contributed by atoms with Crippen LogP contribution >= 0.6 is 11.3 Å². The molecule has 9 heteroatoms. The smallest absolute Gasteiger partial charge is 0.169 e. The number of nitrogens with zero attached hydrogens (tertiary/aromatic N) is 4. The Kier molecular flexibility index (Phi) is 6.15. The summed E-state index contributed by atoms with van der Waals surface area (Å²) >= 11 is 1.44. The Hall–Kier alpha value is -4.37. The first-order valence-electron chi connectivity index (χ1n) is 13.6. The van der Waals surface area contributed by atoms with Gasteiger partial charge in [-0.2, -0.15) is 5.10 Å². The molecular weight excluding hydrogens is 520 g/mol. The van der Waals surface area contributed by atoms with Crippen LogP contribution in [-0.2, 0) is 0 Å². The van der Waals surface area contributed by atoms with Crippen LogP contribution in [0.1, 0.15) is 54.3 Å². The van der Waals surface area contributed by atoms with E-state index in [0.717, 1.165) is 67.9 Å². The van der Waals surface area contributed by atoms with Crippen LogP contribution in [0.25, 0.3) is 55.3 Å². The lowest BCUT2D eigenvalue weighted by atomic mass is 9.97. The molecule has 8 nitrogen and oxygen atoms in total. The van der Waals surface area contributed by atoms with E-state index in [-0.39, 0.29) is 11.9 Å². The molecule has 0 unspecified atom stereocenters. The molecule has 1 fully saturated rings. The average Bonchev–Trinajstić information content (AvgIpc) is 3.71. The Bertz CT molecular complexity index is 1880. The summed E-state index contributed by atoms with van der Waals surface area (Å²) in [6, 6.07) is 14.1. The molecule has 1 saturated carbocycles. The summed E-state index contributed by atoms with van der Waals surface area (Å²) in [6.07, 6.45) is 9.82. The fourth-order valence-electron chi connectivity index (χ4n) is 5.46. The highest BCUT2D eigenvalue weighted by Crippen LogP contribution is 2.35. The fourth-order valence-corrected chi connectivity index (χ4v) is 6.37. The molecule has 5 heterocycles. The first-order chi connectivity index (χ1) is 19.5. The van der Waals surface area contributed by atoms with Crippen molar-refractivity contribution in [3.8, 4) is 39.0 Å². The van der Waals surface area contributed by atoms with E-state index in [2.05, 4.69) is 45.3 Å². The quantitative estimate of drug-likeness (QED) is 0.208. The number of aromatic nitrogens is 6. The summed E-state index contributed by atoms with van der Waals surface area (Å²) in [4.78, 5) is 31.2. The van der Waals surface area contributed by atoms with Gasteiger partial charge in [0.15, 0.2) is 17.3 Å². The molecule has 40 heavy (non-hydrogen) atoms. The molecule has 0 bridgehead atoms. The van der Waals surface area contributed by atoms with Crippen LogP contribution in [0, 0.1) is 6.92 Å². The molecule has 0 radical (unpaired) electrons. The molecule has 200 valence electrons. The number of carbonyl (C=O) groups excluding carboxylic acids is 1. The molecule has 0 atom stereocenters. The lowest BCUT2D eigenvalue weighted by molar-refractivity contribution is 0.102. The molecule has 1 aliphatic rings. The Morgan fingerprint density at radius 2 is 1.85 bits per heavy atom. The van der Waals surface area contributed by atoms with Crippen molar-refractivity contribution in [2.24, 2.45) is 0 Å². The van der Waals surface area contributed by atoms with E-state index in [9.17, 15) is 4.79 Å². The zero-order valence-electron chi connectivity index (χ0n) is 22.3. The van der Waals surface area contributed by atoms with E-state index >= 15 is 0 Å². The van der Waals surface area contributed by atoms with Crippen molar-refractivity contribution in [3.63, 3.8) is 0 Å². The van der Waals surface area contributed by atoms with Gasteiger partial charge in [-0.1, -0.05) is 6.42 Å². The topological polar surface area (TPSA) is 109 Å². The summed E-state index contributed by atoms with van der Waals surface area (Å²) in [6.45, 7) is 3.67. The number of pyridine rings is 2. The van der Waals surface area contributed by atoms with Crippen LogP contribution in [0.3, 0.4) is 0 Å². The van der Waals surface area contributed by atoms with Crippen molar-refractivity contribution < 1.29 is 9.53 Å². The van der Waals surface area contributed by atoms with Crippen LogP contribution < -0.4 is 4.74 Å². The van der Waals surface area contributed by atoms with E-state index < -0.39 is 0 Å². The second-order valence-corrected chi connectivity index (χ2v) is 11.5. The van der Waals surface area contributed by atoms with Crippen LogP contribution in [0.15, 0.2) is 54.9 Å². The highest BCUT2D eigenvalue weighted by atomic mass is 32.1. The second kappa shape index (κ2) is 9.98. The van der Waals surface area contributed by atoms with Gasteiger partial charge in [0.25, 0.3) is 0 Å². The standard InChI is InChI=1S/C31H28N6O2S/c1-17-12-19(14-21(13-17)39-20-6-4-3-5-7-20)23-8-9-24-29(33-23)30(37-36-24)31-34-25-16-32-15-22(28(25)35-31)27-11-10-26(40-27)18(2)38/h8-16,20H,3-7H2,1-2H3,(H,34,35)(H,36,37). The van der Waals surface area contributed by atoms with Gasteiger partial charge in [-0.25, -0.2) is 9.97 Å². The van der Waals surface area contributed by atoms with Gasteiger partial charge in [0.1, 0.15) is 16.8 Å². The summed E-state index contributed by atoms with van der Waals surface area (Å²) in [5, 5.41) is 7.67. The number of Topliss-reactive ketones (excluding diaryl/α,β-unsaturated/α-hetero) is 1. The van der Waals surface area contributed by atoms with E-state index in [4.69, 9.17) is 14.7 Å². The summed E-state index contributed by atoms with van der Waals surface area (Å²) < 4.78 is 6.37. The van der Waals surface area contributed by atoms with Crippen LogP contribution in [0.5, 0.6) is 5.75 Å². The molecule has 7 rings (SSSR count). The van der Waals surface area contributed by atoms with Crippen LogP contribution in [-0.4, -0.2) is 42.0 Å². The summed E-state index contributed by atoms with van der Waals surface area (Å²) in [5.74, 6) is 1.55. The van der Waals surface area contributed by atoms with Gasteiger partial charge in [0.05, 0.1) is 33.9 Å². The molecule has 0 amide bonds. The number of hydrogen-bond donors (Lipinski definition) is 2. The predicted octanol–water partition coefficient (Wildman–Crippen LogP) is 7.51. The van der Waals surface area contributed by atoms with Gasteiger partial charge in [0.2, 0.25) is 0 Å². The molecule has 0 spiro atoms. The van der Waals surface area contributed by atoms with Crippen LogP contribution in [0.4, 0.5) is 0 Å². The maximum Gasteiger partial charge on any atom is 0.169 e. The lowest BCUT2D eigenvalue weighted by Crippen LogP contribution is -2.19. The number of ketones is 1. The van der Waals surface area contributed by atoms with E-state index in [1.807, 2.05) is 24.3 Å². The van der Waals surface area contributed by atoms with Crippen molar-refractivity contribution in [2.45, 2.75) is 52.1 Å². The third-order valence-corrected chi connectivity index (χ3v) is 8.67. The van der Waals surface area contributed by atoms with E-state index in [1.165, 1.54) is 30.6 Å². The van der Waals surface area contributed by atoms with Crippen LogP contribution in [0.2, 0.25) is 0 Å². The molecule has 0 aliphatic heterocycles. The van der Waals surface area contributed by atoms with Gasteiger partial charge in [0, 0.05) is 22.2 Å². The number of hydrogen-bond acceptors (Lipinski definition) is 7. The number of nitrogens with one attached hydrogen (secondary N) is 2. The lowest BCUT2D eigenvalue weighted by Gasteiger charge is -2.23. The van der Waals surface area contributed by atoms with Crippen molar-refractivity contribution in [3.05, 3.63) is 65.3 Å². The van der Waals surface area contributed by atoms with Crippen molar-refractivity contribution in [1.82, 2.24) is 30.1 Å². The SMILES string of the molecule is CC(=O)c1ccc(-c2cncc3[nH]c(-c4n[nH]c5ccc(-c6cc(C)cc(OC7CCCCC7)c6)nc45)nc23)s1. The Labute approximate surface area is 234 Å². The monoisotopic (exact) mass is 548 g/mol.